The third kappa shape index (κ3) is 3.21. The lowest BCUT2D eigenvalue weighted by Crippen LogP contribution is -2.45. The molecule has 0 aliphatic carbocycles. The summed E-state index contributed by atoms with van der Waals surface area (Å²) in [7, 11) is 0. The van der Waals surface area contributed by atoms with E-state index >= 15 is 0 Å². The van der Waals surface area contributed by atoms with Gasteiger partial charge in [0, 0.05) is 12.2 Å². The summed E-state index contributed by atoms with van der Waals surface area (Å²) in [5, 5.41) is 2.84. The lowest BCUT2D eigenvalue weighted by molar-refractivity contribution is -0.135. The molecule has 3 N–H and O–H groups in total. The molecule has 1 aromatic carbocycles. The molecule has 6 heteroatoms. The molecule has 1 atom stereocenters. The zero-order valence-corrected chi connectivity index (χ0v) is 10.4. The molecule has 1 heterocycles. The van der Waals surface area contributed by atoms with Crippen molar-refractivity contribution in [3.05, 3.63) is 30.1 Å². The highest BCUT2D eigenvalue weighted by Gasteiger charge is 2.32. The molecule has 0 aromatic heterocycles. The van der Waals surface area contributed by atoms with Crippen LogP contribution in [-0.2, 0) is 9.59 Å². The first kappa shape index (κ1) is 13.3. The van der Waals surface area contributed by atoms with Crippen LogP contribution in [0.1, 0.15) is 12.8 Å². The van der Waals surface area contributed by atoms with Gasteiger partial charge in [-0.2, -0.15) is 0 Å². The monoisotopic (exact) mass is 265 g/mol. The SMILES string of the molecule is NC(=O)C1CCCN1C(=O)CNc1cccc(F)c1. The van der Waals surface area contributed by atoms with Crippen LogP contribution in [0.4, 0.5) is 10.1 Å². The van der Waals surface area contributed by atoms with Crippen molar-refractivity contribution in [2.75, 3.05) is 18.4 Å². The molecule has 1 aliphatic rings. The van der Waals surface area contributed by atoms with Gasteiger partial charge in [0.1, 0.15) is 11.9 Å². The summed E-state index contributed by atoms with van der Waals surface area (Å²) in [5.41, 5.74) is 5.78. The van der Waals surface area contributed by atoms with Gasteiger partial charge in [0.05, 0.1) is 6.54 Å². The largest absolute Gasteiger partial charge is 0.376 e. The maximum atomic E-state index is 13.0. The summed E-state index contributed by atoms with van der Waals surface area (Å²) in [6, 6.07) is 5.36. The predicted molar refractivity (Wildman–Crippen MR) is 68.8 cm³/mol. The normalized spacial score (nSPS) is 18.4. The van der Waals surface area contributed by atoms with Gasteiger partial charge in [-0.25, -0.2) is 4.39 Å². The van der Waals surface area contributed by atoms with E-state index in [2.05, 4.69) is 5.32 Å². The molecular formula is C13H16FN3O2. The number of carbonyl (C=O) groups excluding carboxylic acids is 2. The minimum Gasteiger partial charge on any atom is -0.376 e. The second kappa shape index (κ2) is 5.69. The van der Waals surface area contributed by atoms with Gasteiger partial charge in [0.25, 0.3) is 0 Å². The quantitative estimate of drug-likeness (QED) is 0.842. The number of anilines is 1. The number of primary amides is 1. The van der Waals surface area contributed by atoms with Gasteiger partial charge in [0.15, 0.2) is 0 Å². The van der Waals surface area contributed by atoms with Crippen LogP contribution in [0.15, 0.2) is 24.3 Å². The second-order valence-electron chi connectivity index (χ2n) is 4.51. The Morgan fingerprint density at radius 2 is 2.26 bits per heavy atom. The Balaban J connectivity index is 1.92. The van der Waals surface area contributed by atoms with Crippen LogP contribution in [0.2, 0.25) is 0 Å². The molecular weight excluding hydrogens is 249 g/mol. The zero-order chi connectivity index (χ0) is 13.8. The van der Waals surface area contributed by atoms with Crippen molar-refractivity contribution in [3.8, 4) is 0 Å². The van der Waals surface area contributed by atoms with E-state index in [-0.39, 0.29) is 18.3 Å². The van der Waals surface area contributed by atoms with E-state index in [0.29, 0.717) is 18.7 Å². The molecule has 0 radical (unpaired) electrons. The van der Waals surface area contributed by atoms with Crippen molar-refractivity contribution >= 4 is 17.5 Å². The number of amides is 2. The van der Waals surface area contributed by atoms with E-state index in [9.17, 15) is 14.0 Å². The molecule has 1 aromatic rings. The van der Waals surface area contributed by atoms with Crippen molar-refractivity contribution < 1.29 is 14.0 Å². The van der Waals surface area contributed by atoms with Gasteiger partial charge in [-0.05, 0) is 31.0 Å². The molecule has 1 aliphatic heterocycles. The van der Waals surface area contributed by atoms with Gasteiger partial charge in [-0.15, -0.1) is 0 Å². The van der Waals surface area contributed by atoms with Gasteiger partial charge in [0.2, 0.25) is 11.8 Å². The fraction of sp³-hybridized carbons (Fsp3) is 0.385. The Morgan fingerprint density at radius 1 is 1.47 bits per heavy atom. The van der Waals surface area contributed by atoms with Gasteiger partial charge in [-0.3, -0.25) is 9.59 Å². The van der Waals surface area contributed by atoms with Crippen molar-refractivity contribution in [2.45, 2.75) is 18.9 Å². The highest BCUT2D eigenvalue weighted by molar-refractivity contribution is 5.89. The maximum Gasteiger partial charge on any atom is 0.242 e. The lowest BCUT2D eigenvalue weighted by atomic mass is 10.2. The molecule has 5 nitrogen and oxygen atoms in total. The zero-order valence-electron chi connectivity index (χ0n) is 10.4. The number of rotatable bonds is 4. The number of halogens is 1. The Kier molecular flexibility index (Phi) is 3.99. The van der Waals surface area contributed by atoms with E-state index < -0.39 is 11.9 Å². The summed E-state index contributed by atoms with van der Waals surface area (Å²) in [6.45, 7) is 0.560. The van der Waals surface area contributed by atoms with Crippen molar-refractivity contribution in [2.24, 2.45) is 5.73 Å². The number of hydrogen-bond donors (Lipinski definition) is 2. The fourth-order valence-electron chi connectivity index (χ4n) is 2.24. The summed E-state index contributed by atoms with van der Waals surface area (Å²) < 4.78 is 13.0. The summed E-state index contributed by atoms with van der Waals surface area (Å²) in [4.78, 5) is 24.7. The molecule has 1 fully saturated rings. The summed E-state index contributed by atoms with van der Waals surface area (Å²) >= 11 is 0. The highest BCUT2D eigenvalue weighted by atomic mass is 19.1. The summed E-state index contributed by atoms with van der Waals surface area (Å²) in [6.07, 6.45) is 1.39. The molecule has 0 spiro atoms. The molecule has 19 heavy (non-hydrogen) atoms. The smallest absolute Gasteiger partial charge is 0.242 e. The number of nitrogens with one attached hydrogen (secondary N) is 1. The molecule has 0 saturated carbocycles. The first-order chi connectivity index (χ1) is 9.08. The van der Waals surface area contributed by atoms with Gasteiger partial charge < -0.3 is 16.0 Å². The van der Waals surface area contributed by atoms with Crippen LogP contribution in [0.5, 0.6) is 0 Å². The van der Waals surface area contributed by atoms with Crippen LogP contribution >= 0.6 is 0 Å². The third-order valence-corrected chi connectivity index (χ3v) is 3.17. The van der Waals surface area contributed by atoms with Crippen LogP contribution in [0, 0.1) is 5.82 Å². The number of benzene rings is 1. The average Bonchev–Trinajstić information content (AvgIpc) is 2.85. The van der Waals surface area contributed by atoms with Gasteiger partial charge in [-0.1, -0.05) is 6.07 Å². The molecule has 1 saturated heterocycles. The Hall–Kier alpha value is -2.11. The number of likely N-dealkylation sites (tertiary alicyclic amines) is 1. The minimum absolute atomic E-state index is 0.0211. The first-order valence-corrected chi connectivity index (χ1v) is 6.16. The first-order valence-electron chi connectivity index (χ1n) is 6.16. The van der Waals surface area contributed by atoms with Crippen LogP contribution in [0.25, 0.3) is 0 Å². The molecule has 2 rings (SSSR count). The van der Waals surface area contributed by atoms with E-state index in [1.54, 1.807) is 12.1 Å². The van der Waals surface area contributed by atoms with Crippen molar-refractivity contribution in [1.29, 1.82) is 0 Å². The van der Waals surface area contributed by atoms with Crippen LogP contribution in [0.3, 0.4) is 0 Å². The second-order valence-corrected chi connectivity index (χ2v) is 4.51. The summed E-state index contributed by atoms with van der Waals surface area (Å²) in [5.74, 6) is -1.05. The van der Waals surface area contributed by atoms with Crippen LogP contribution < -0.4 is 11.1 Å². The van der Waals surface area contributed by atoms with Crippen molar-refractivity contribution in [3.63, 3.8) is 0 Å². The third-order valence-electron chi connectivity index (χ3n) is 3.17. The van der Waals surface area contributed by atoms with E-state index in [1.165, 1.54) is 17.0 Å². The minimum atomic E-state index is -0.512. The average molecular weight is 265 g/mol. The van der Waals surface area contributed by atoms with E-state index in [1.807, 2.05) is 0 Å². The van der Waals surface area contributed by atoms with Crippen LogP contribution in [-0.4, -0.2) is 35.8 Å². The molecule has 0 bridgehead atoms. The highest BCUT2D eigenvalue weighted by Crippen LogP contribution is 2.17. The maximum absolute atomic E-state index is 13.0. The van der Waals surface area contributed by atoms with Crippen molar-refractivity contribution in [1.82, 2.24) is 4.90 Å². The van der Waals surface area contributed by atoms with E-state index in [4.69, 9.17) is 5.73 Å². The molecule has 102 valence electrons. The number of carbonyl (C=O) groups is 2. The Labute approximate surface area is 110 Å². The number of hydrogen-bond acceptors (Lipinski definition) is 3. The predicted octanol–water partition coefficient (Wildman–Crippen LogP) is 0.714. The number of nitrogens with two attached hydrogens (primary N) is 1. The lowest BCUT2D eigenvalue weighted by Gasteiger charge is -2.22. The fourth-order valence-corrected chi connectivity index (χ4v) is 2.24. The Morgan fingerprint density at radius 3 is 2.95 bits per heavy atom. The van der Waals surface area contributed by atoms with E-state index in [0.717, 1.165) is 6.42 Å². The molecule has 2 amide bonds. The number of nitrogens with zero attached hydrogens (tertiary/aromatic N) is 1. The standard InChI is InChI=1S/C13H16FN3O2/c14-9-3-1-4-10(7-9)16-8-12(18)17-6-2-5-11(17)13(15)19/h1,3-4,7,11,16H,2,5-6,8H2,(H2,15,19). The molecule has 1 unspecified atom stereocenters. The topological polar surface area (TPSA) is 75.4 Å². The Bertz CT molecular complexity index is 493. The van der Waals surface area contributed by atoms with Gasteiger partial charge >= 0.3 is 0 Å².